The second-order valence-corrected chi connectivity index (χ2v) is 7.04. The van der Waals surface area contributed by atoms with Crippen molar-refractivity contribution in [3.63, 3.8) is 0 Å². The topological polar surface area (TPSA) is 38.3 Å². The molecule has 1 aromatic carbocycles. The molecule has 1 amide bonds. The maximum atomic E-state index is 11.7. The molecular formula is C16H22INO2. The molecule has 3 nitrogen and oxygen atoms in total. The van der Waals surface area contributed by atoms with Crippen molar-refractivity contribution in [3.05, 3.63) is 39.5 Å². The van der Waals surface area contributed by atoms with Crippen molar-refractivity contribution in [2.45, 2.75) is 46.3 Å². The Morgan fingerprint density at radius 1 is 1.30 bits per heavy atom. The number of allylic oxidation sites excluding steroid dienone is 1. The van der Waals surface area contributed by atoms with Gasteiger partial charge >= 0.3 is 6.09 Å². The van der Waals surface area contributed by atoms with Crippen LogP contribution in [0, 0.1) is 3.57 Å². The molecule has 0 unspecified atom stereocenters. The van der Waals surface area contributed by atoms with Gasteiger partial charge in [0.25, 0.3) is 0 Å². The van der Waals surface area contributed by atoms with Gasteiger partial charge in [-0.05, 0) is 80.5 Å². The van der Waals surface area contributed by atoms with E-state index in [4.69, 9.17) is 4.74 Å². The highest BCUT2D eigenvalue weighted by molar-refractivity contribution is 14.1. The van der Waals surface area contributed by atoms with Crippen molar-refractivity contribution >= 4 is 34.3 Å². The first-order valence-electron chi connectivity index (χ1n) is 6.61. The number of carbonyl (C=O) groups excluding carboxylic acids is 1. The first-order valence-corrected chi connectivity index (χ1v) is 7.69. The van der Waals surface area contributed by atoms with Gasteiger partial charge in [-0.25, -0.2) is 4.79 Å². The van der Waals surface area contributed by atoms with E-state index in [0.717, 1.165) is 11.1 Å². The summed E-state index contributed by atoms with van der Waals surface area (Å²) in [6.07, 6.45) is 1.63. The third-order valence-corrected chi connectivity index (χ3v) is 3.26. The van der Waals surface area contributed by atoms with Gasteiger partial charge in [0, 0.05) is 9.61 Å². The largest absolute Gasteiger partial charge is 0.444 e. The zero-order valence-electron chi connectivity index (χ0n) is 12.7. The first-order chi connectivity index (χ1) is 9.17. The molecule has 20 heavy (non-hydrogen) atoms. The van der Waals surface area contributed by atoms with Crippen LogP contribution in [-0.2, 0) is 4.74 Å². The van der Waals surface area contributed by atoms with Crippen molar-refractivity contribution in [2.75, 3.05) is 0 Å². The van der Waals surface area contributed by atoms with Crippen LogP contribution < -0.4 is 5.32 Å². The fourth-order valence-electron chi connectivity index (χ4n) is 1.72. The van der Waals surface area contributed by atoms with Gasteiger partial charge in [-0.3, -0.25) is 0 Å². The van der Waals surface area contributed by atoms with Crippen molar-refractivity contribution in [3.8, 4) is 0 Å². The van der Waals surface area contributed by atoms with Gasteiger partial charge in [-0.1, -0.05) is 18.2 Å². The fraction of sp³-hybridized carbons (Fsp3) is 0.438. The van der Waals surface area contributed by atoms with Gasteiger partial charge in [0.1, 0.15) is 5.60 Å². The molecule has 0 aliphatic carbocycles. The van der Waals surface area contributed by atoms with Crippen LogP contribution in [0.2, 0.25) is 0 Å². The molecule has 0 aromatic heterocycles. The zero-order valence-corrected chi connectivity index (χ0v) is 14.8. The van der Waals surface area contributed by atoms with E-state index in [0.29, 0.717) is 0 Å². The summed E-state index contributed by atoms with van der Waals surface area (Å²) in [4.78, 5) is 11.7. The summed E-state index contributed by atoms with van der Waals surface area (Å²) in [6.45, 7) is 9.52. The molecule has 4 heteroatoms. The highest BCUT2D eigenvalue weighted by atomic mass is 127. The lowest BCUT2D eigenvalue weighted by molar-refractivity contribution is 0.0518. The van der Waals surface area contributed by atoms with E-state index < -0.39 is 11.7 Å². The normalized spacial score (nSPS) is 13.8. The Morgan fingerprint density at radius 3 is 2.35 bits per heavy atom. The van der Waals surface area contributed by atoms with Crippen LogP contribution in [0.1, 0.15) is 40.2 Å². The van der Waals surface area contributed by atoms with Crippen molar-refractivity contribution in [2.24, 2.45) is 0 Å². The molecule has 1 atom stereocenters. The Labute approximate surface area is 134 Å². The molecule has 0 spiro atoms. The lowest BCUT2D eigenvalue weighted by atomic mass is 10.1. The number of benzene rings is 1. The number of hydrogen-bond donors (Lipinski definition) is 1. The number of nitrogens with one attached hydrogen (secondary N) is 1. The zero-order chi connectivity index (χ0) is 15.3. The molecule has 0 radical (unpaired) electrons. The van der Waals surface area contributed by atoms with Crippen LogP contribution in [0.4, 0.5) is 4.79 Å². The number of amides is 1. The molecular weight excluding hydrogens is 365 g/mol. The minimum absolute atomic E-state index is 0.0795. The Balaban J connectivity index is 2.64. The van der Waals surface area contributed by atoms with E-state index in [1.165, 1.54) is 3.57 Å². The minimum Gasteiger partial charge on any atom is -0.444 e. The van der Waals surface area contributed by atoms with E-state index in [1.54, 1.807) is 0 Å². The average molecular weight is 387 g/mol. The van der Waals surface area contributed by atoms with Crippen LogP contribution in [-0.4, -0.2) is 17.7 Å². The Hall–Kier alpha value is -1.04. The molecule has 0 heterocycles. The predicted octanol–water partition coefficient (Wildman–Crippen LogP) is 4.61. The molecule has 0 aliphatic rings. The molecule has 1 N–H and O–H groups in total. The Kier molecular flexibility index (Phi) is 6.05. The second kappa shape index (κ2) is 7.11. The lowest BCUT2D eigenvalue weighted by Gasteiger charge is -2.21. The number of ether oxygens (including phenoxy) is 1. The standard InChI is InChI=1S/C16H22INO2/c1-11(13-6-8-14(17)9-7-13)10-12(2)18-15(19)20-16(3,4)5/h6-10,12H,1-5H3,(H,18,19)/b11-10+/t12-/m1/s1. The smallest absolute Gasteiger partial charge is 0.408 e. The number of rotatable bonds is 3. The molecule has 0 saturated heterocycles. The van der Waals surface area contributed by atoms with E-state index in [9.17, 15) is 4.79 Å². The monoisotopic (exact) mass is 387 g/mol. The van der Waals surface area contributed by atoms with E-state index in [2.05, 4.69) is 52.2 Å². The lowest BCUT2D eigenvalue weighted by Crippen LogP contribution is -2.36. The van der Waals surface area contributed by atoms with Crippen molar-refractivity contribution < 1.29 is 9.53 Å². The number of halogens is 1. The highest BCUT2D eigenvalue weighted by Crippen LogP contribution is 2.16. The quantitative estimate of drug-likeness (QED) is 0.770. The molecule has 0 fully saturated rings. The summed E-state index contributed by atoms with van der Waals surface area (Å²) in [5, 5.41) is 2.81. The van der Waals surface area contributed by atoms with Gasteiger partial charge in [-0.15, -0.1) is 0 Å². The Bertz CT molecular complexity index is 486. The second-order valence-electron chi connectivity index (χ2n) is 5.79. The molecule has 0 saturated carbocycles. The van der Waals surface area contributed by atoms with E-state index in [-0.39, 0.29) is 6.04 Å². The van der Waals surface area contributed by atoms with E-state index in [1.807, 2.05) is 40.7 Å². The number of carbonyl (C=O) groups is 1. The first kappa shape index (κ1) is 17.0. The molecule has 0 bridgehead atoms. The molecule has 0 aliphatic heterocycles. The maximum Gasteiger partial charge on any atom is 0.408 e. The highest BCUT2D eigenvalue weighted by Gasteiger charge is 2.16. The third kappa shape index (κ3) is 6.41. The SMILES string of the molecule is C/C(=C\[C@@H](C)NC(=O)OC(C)(C)C)c1ccc(I)cc1. The van der Waals surface area contributed by atoms with Crippen LogP contribution in [0.3, 0.4) is 0 Å². The van der Waals surface area contributed by atoms with Crippen LogP contribution >= 0.6 is 22.6 Å². The van der Waals surface area contributed by atoms with Gasteiger partial charge in [0.05, 0.1) is 0 Å². The average Bonchev–Trinajstić information content (AvgIpc) is 2.26. The molecule has 1 aromatic rings. The summed E-state index contributed by atoms with van der Waals surface area (Å²) < 4.78 is 6.44. The van der Waals surface area contributed by atoms with Crippen molar-refractivity contribution in [1.29, 1.82) is 0 Å². The van der Waals surface area contributed by atoms with Crippen LogP contribution in [0.5, 0.6) is 0 Å². The third-order valence-electron chi connectivity index (χ3n) is 2.54. The maximum absolute atomic E-state index is 11.7. The van der Waals surface area contributed by atoms with Gasteiger partial charge in [-0.2, -0.15) is 0 Å². The van der Waals surface area contributed by atoms with E-state index >= 15 is 0 Å². The van der Waals surface area contributed by atoms with Gasteiger partial charge < -0.3 is 10.1 Å². The summed E-state index contributed by atoms with van der Waals surface area (Å²) in [5.74, 6) is 0. The van der Waals surface area contributed by atoms with Gasteiger partial charge in [0.2, 0.25) is 0 Å². The predicted molar refractivity (Wildman–Crippen MR) is 91.6 cm³/mol. The molecule has 110 valence electrons. The Morgan fingerprint density at radius 2 is 1.85 bits per heavy atom. The van der Waals surface area contributed by atoms with Crippen LogP contribution in [0.25, 0.3) is 5.57 Å². The number of alkyl carbamates (subject to hydrolysis) is 1. The van der Waals surface area contributed by atoms with Crippen LogP contribution in [0.15, 0.2) is 30.3 Å². The summed E-state index contributed by atoms with van der Waals surface area (Å²) >= 11 is 2.28. The minimum atomic E-state index is -0.474. The summed E-state index contributed by atoms with van der Waals surface area (Å²) in [7, 11) is 0. The molecule has 1 rings (SSSR count). The summed E-state index contributed by atoms with van der Waals surface area (Å²) in [5.41, 5.74) is 1.81. The summed E-state index contributed by atoms with van der Waals surface area (Å²) in [6, 6.07) is 8.21. The van der Waals surface area contributed by atoms with Gasteiger partial charge in [0.15, 0.2) is 0 Å². The number of hydrogen-bond acceptors (Lipinski definition) is 2. The fourth-order valence-corrected chi connectivity index (χ4v) is 2.08. The van der Waals surface area contributed by atoms with Crippen molar-refractivity contribution in [1.82, 2.24) is 5.32 Å².